The third kappa shape index (κ3) is 3.11. The van der Waals surface area contributed by atoms with Crippen molar-refractivity contribution < 1.29 is 5.11 Å². The Labute approximate surface area is 126 Å². The summed E-state index contributed by atoms with van der Waals surface area (Å²) in [6, 6.07) is 8.27. The van der Waals surface area contributed by atoms with Gasteiger partial charge in [-0.2, -0.15) is 5.10 Å². The molecule has 1 aliphatic carbocycles. The number of nitrogens with one attached hydrogen (secondary N) is 1. The monoisotopic (exact) mass is 287 g/mol. The van der Waals surface area contributed by atoms with Crippen molar-refractivity contribution in [2.24, 2.45) is 13.0 Å². The number of hydrogen-bond donors (Lipinski definition) is 2. The zero-order valence-corrected chi connectivity index (χ0v) is 13.0. The number of benzene rings is 1. The van der Waals surface area contributed by atoms with E-state index in [2.05, 4.69) is 29.5 Å². The van der Waals surface area contributed by atoms with Crippen molar-refractivity contribution >= 4 is 10.9 Å². The van der Waals surface area contributed by atoms with Crippen LogP contribution in [-0.4, -0.2) is 27.0 Å². The lowest BCUT2D eigenvalue weighted by Crippen LogP contribution is -2.43. The minimum Gasteiger partial charge on any atom is -0.389 e. The molecule has 0 radical (unpaired) electrons. The predicted molar refractivity (Wildman–Crippen MR) is 85.0 cm³/mol. The molecule has 1 aromatic carbocycles. The molecule has 0 amide bonds. The molecule has 1 heterocycles. The summed E-state index contributed by atoms with van der Waals surface area (Å²) in [5.74, 6) is 0.755. The second-order valence-electron chi connectivity index (χ2n) is 6.60. The molecule has 0 saturated heterocycles. The van der Waals surface area contributed by atoms with E-state index in [0.717, 1.165) is 42.8 Å². The SMILES string of the molecule is CC1CCC(O)(CNCc2nn(C)c3ccccc23)CC1. The molecule has 1 aliphatic rings. The second kappa shape index (κ2) is 5.78. The minimum atomic E-state index is -0.531. The van der Waals surface area contributed by atoms with Crippen molar-refractivity contribution in [2.75, 3.05) is 6.54 Å². The van der Waals surface area contributed by atoms with E-state index in [-0.39, 0.29) is 0 Å². The van der Waals surface area contributed by atoms with Gasteiger partial charge in [0.05, 0.1) is 16.8 Å². The molecule has 4 heteroatoms. The van der Waals surface area contributed by atoms with Gasteiger partial charge in [-0.1, -0.05) is 25.1 Å². The van der Waals surface area contributed by atoms with E-state index in [1.807, 2.05) is 23.9 Å². The number of nitrogens with zero attached hydrogens (tertiary/aromatic N) is 2. The van der Waals surface area contributed by atoms with Crippen molar-refractivity contribution in [3.05, 3.63) is 30.0 Å². The topological polar surface area (TPSA) is 50.1 Å². The van der Waals surface area contributed by atoms with E-state index in [4.69, 9.17) is 0 Å². The molecule has 2 N–H and O–H groups in total. The van der Waals surface area contributed by atoms with Gasteiger partial charge in [-0.05, 0) is 37.7 Å². The Hall–Kier alpha value is -1.39. The first-order valence-electron chi connectivity index (χ1n) is 7.91. The number of aromatic nitrogens is 2. The largest absolute Gasteiger partial charge is 0.389 e. The Morgan fingerprint density at radius 1 is 1.33 bits per heavy atom. The van der Waals surface area contributed by atoms with E-state index in [1.165, 1.54) is 5.39 Å². The Kier molecular flexibility index (Phi) is 4.00. The molecule has 1 fully saturated rings. The van der Waals surface area contributed by atoms with Gasteiger partial charge >= 0.3 is 0 Å². The van der Waals surface area contributed by atoms with Crippen LogP contribution in [-0.2, 0) is 13.6 Å². The van der Waals surface area contributed by atoms with E-state index in [0.29, 0.717) is 13.1 Å². The fourth-order valence-electron chi connectivity index (χ4n) is 3.31. The van der Waals surface area contributed by atoms with Gasteiger partial charge in [0.15, 0.2) is 0 Å². The summed E-state index contributed by atoms with van der Waals surface area (Å²) < 4.78 is 1.92. The molecule has 0 spiro atoms. The minimum absolute atomic E-state index is 0.531. The predicted octanol–water partition coefficient (Wildman–Crippen LogP) is 2.60. The molecule has 21 heavy (non-hydrogen) atoms. The zero-order chi connectivity index (χ0) is 14.9. The van der Waals surface area contributed by atoms with Crippen molar-refractivity contribution in [2.45, 2.75) is 44.8 Å². The molecular formula is C17H25N3O. The highest BCUT2D eigenvalue weighted by molar-refractivity contribution is 5.81. The highest BCUT2D eigenvalue weighted by Gasteiger charge is 2.31. The van der Waals surface area contributed by atoms with Crippen LogP contribution in [0.4, 0.5) is 0 Å². The number of aliphatic hydroxyl groups is 1. The summed E-state index contributed by atoms with van der Waals surface area (Å²) in [6.45, 7) is 3.64. The highest BCUT2D eigenvalue weighted by Crippen LogP contribution is 2.31. The highest BCUT2D eigenvalue weighted by atomic mass is 16.3. The van der Waals surface area contributed by atoms with Gasteiger partial charge in [-0.25, -0.2) is 0 Å². The maximum absolute atomic E-state index is 10.6. The molecule has 0 unspecified atom stereocenters. The van der Waals surface area contributed by atoms with Crippen LogP contribution in [0.1, 0.15) is 38.3 Å². The van der Waals surface area contributed by atoms with Crippen LogP contribution in [0.15, 0.2) is 24.3 Å². The van der Waals surface area contributed by atoms with Crippen LogP contribution in [0.3, 0.4) is 0 Å². The quantitative estimate of drug-likeness (QED) is 0.909. The maximum Gasteiger partial charge on any atom is 0.0841 e. The molecule has 0 atom stereocenters. The Morgan fingerprint density at radius 3 is 2.81 bits per heavy atom. The smallest absolute Gasteiger partial charge is 0.0841 e. The first-order chi connectivity index (χ1) is 10.1. The van der Waals surface area contributed by atoms with E-state index < -0.39 is 5.60 Å². The number of para-hydroxylation sites is 1. The maximum atomic E-state index is 10.6. The van der Waals surface area contributed by atoms with Gasteiger partial charge in [0.1, 0.15) is 0 Å². The molecule has 1 aromatic heterocycles. The molecule has 3 rings (SSSR count). The number of rotatable bonds is 4. The van der Waals surface area contributed by atoms with Gasteiger partial charge < -0.3 is 10.4 Å². The van der Waals surface area contributed by atoms with Crippen molar-refractivity contribution in [3.63, 3.8) is 0 Å². The first kappa shape index (κ1) is 14.5. The van der Waals surface area contributed by atoms with Crippen LogP contribution in [0.25, 0.3) is 10.9 Å². The lowest BCUT2D eigenvalue weighted by Gasteiger charge is -2.35. The van der Waals surface area contributed by atoms with Crippen molar-refractivity contribution in [1.82, 2.24) is 15.1 Å². The fraction of sp³-hybridized carbons (Fsp3) is 0.588. The fourth-order valence-corrected chi connectivity index (χ4v) is 3.31. The summed E-state index contributed by atoms with van der Waals surface area (Å²) in [4.78, 5) is 0. The van der Waals surface area contributed by atoms with Gasteiger partial charge in [-0.3, -0.25) is 4.68 Å². The zero-order valence-electron chi connectivity index (χ0n) is 13.0. The Balaban J connectivity index is 1.62. The standard InChI is InChI=1S/C17H25N3O/c1-13-7-9-17(21,10-8-13)12-18-11-15-14-5-3-4-6-16(14)20(2)19-15/h3-6,13,18,21H,7-12H2,1-2H3. The van der Waals surface area contributed by atoms with Crippen molar-refractivity contribution in [1.29, 1.82) is 0 Å². The number of hydrogen-bond acceptors (Lipinski definition) is 3. The second-order valence-corrected chi connectivity index (χ2v) is 6.60. The molecule has 1 saturated carbocycles. The summed E-state index contributed by atoms with van der Waals surface area (Å²) in [5.41, 5.74) is 1.68. The van der Waals surface area contributed by atoms with E-state index in [1.54, 1.807) is 0 Å². The van der Waals surface area contributed by atoms with Crippen LogP contribution >= 0.6 is 0 Å². The summed E-state index contributed by atoms with van der Waals surface area (Å²) in [6.07, 6.45) is 4.07. The van der Waals surface area contributed by atoms with E-state index >= 15 is 0 Å². The van der Waals surface area contributed by atoms with Crippen molar-refractivity contribution in [3.8, 4) is 0 Å². The first-order valence-corrected chi connectivity index (χ1v) is 7.91. The summed E-state index contributed by atoms with van der Waals surface area (Å²) in [7, 11) is 1.97. The van der Waals surface area contributed by atoms with Crippen LogP contribution in [0.2, 0.25) is 0 Å². The Morgan fingerprint density at radius 2 is 2.05 bits per heavy atom. The van der Waals surface area contributed by atoms with Gasteiger partial charge in [-0.15, -0.1) is 0 Å². The van der Waals surface area contributed by atoms with E-state index in [9.17, 15) is 5.11 Å². The molecule has 0 aliphatic heterocycles. The summed E-state index contributed by atoms with van der Waals surface area (Å²) in [5, 5.41) is 19.8. The van der Waals surface area contributed by atoms with Gasteiger partial charge in [0, 0.05) is 25.5 Å². The molecular weight excluding hydrogens is 262 g/mol. The van der Waals surface area contributed by atoms with Gasteiger partial charge in [0.25, 0.3) is 0 Å². The molecule has 114 valence electrons. The Bertz CT molecular complexity index is 612. The third-order valence-corrected chi connectivity index (χ3v) is 4.79. The summed E-state index contributed by atoms with van der Waals surface area (Å²) >= 11 is 0. The average molecular weight is 287 g/mol. The normalized spacial score (nSPS) is 26.3. The number of aryl methyl sites for hydroxylation is 1. The molecule has 0 bridgehead atoms. The third-order valence-electron chi connectivity index (χ3n) is 4.79. The molecule has 4 nitrogen and oxygen atoms in total. The molecule has 2 aromatic rings. The average Bonchev–Trinajstić information content (AvgIpc) is 2.80. The number of fused-ring (bicyclic) bond motifs is 1. The van der Waals surface area contributed by atoms with Crippen LogP contribution in [0, 0.1) is 5.92 Å². The van der Waals surface area contributed by atoms with Crippen LogP contribution < -0.4 is 5.32 Å². The lowest BCUT2D eigenvalue weighted by atomic mass is 9.79. The van der Waals surface area contributed by atoms with Crippen LogP contribution in [0.5, 0.6) is 0 Å². The van der Waals surface area contributed by atoms with Gasteiger partial charge in [0.2, 0.25) is 0 Å². The lowest BCUT2D eigenvalue weighted by molar-refractivity contribution is -0.00634.